The molecule has 35 heavy (non-hydrogen) atoms. The minimum atomic E-state index is -0.855. The molecule has 0 bridgehead atoms. The average molecular weight is 497 g/mol. The van der Waals surface area contributed by atoms with Crippen LogP contribution in [0.2, 0.25) is 0 Å². The van der Waals surface area contributed by atoms with E-state index in [2.05, 4.69) is 29.6 Å². The summed E-state index contributed by atoms with van der Waals surface area (Å²) in [6.45, 7) is 5.18. The maximum atomic E-state index is 12.5. The lowest BCUT2D eigenvalue weighted by Crippen LogP contribution is -2.41. The molecule has 0 spiro atoms. The first kappa shape index (κ1) is 25.1. The minimum Gasteiger partial charge on any atom is -0.481 e. The number of aliphatic carboxylic acids is 1. The third-order valence-corrected chi connectivity index (χ3v) is 8.21. The van der Waals surface area contributed by atoms with Gasteiger partial charge in [0, 0.05) is 31.3 Å². The molecule has 1 aliphatic carbocycles. The van der Waals surface area contributed by atoms with Gasteiger partial charge in [-0.1, -0.05) is 62.4 Å². The van der Waals surface area contributed by atoms with E-state index in [0.717, 1.165) is 0 Å². The van der Waals surface area contributed by atoms with E-state index in [4.69, 9.17) is 4.74 Å². The molecule has 1 fully saturated rings. The van der Waals surface area contributed by atoms with Crippen LogP contribution in [0.25, 0.3) is 11.1 Å². The number of nitrogens with one attached hydrogen (secondary N) is 1. The lowest BCUT2D eigenvalue weighted by molar-refractivity contribution is -0.151. The molecule has 1 aliphatic heterocycles. The summed E-state index contributed by atoms with van der Waals surface area (Å²) in [5.74, 6) is -0.0723. The van der Waals surface area contributed by atoms with Crippen molar-refractivity contribution in [3.05, 3.63) is 59.7 Å². The Morgan fingerprint density at radius 2 is 1.74 bits per heavy atom. The van der Waals surface area contributed by atoms with Crippen molar-refractivity contribution in [3.63, 3.8) is 0 Å². The van der Waals surface area contributed by atoms with E-state index in [1.54, 1.807) is 4.90 Å². The van der Waals surface area contributed by atoms with Crippen LogP contribution in [0.1, 0.15) is 37.3 Å². The van der Waals surface area contributed by atoms with E-state index >= 15 is 0 Å². The van der Waals surface area contributed by atoms with Crippen LogP contribution in [-0.2, 0) is 14.3 Å². The van der Waals surface area contributed by atoms with Gasteiger partial charge in [-0.25, -0.2) is 4.79 Å². The van der Waals surface area contributed by atoms with Crippen molar-refractivity contribution < 1.29 is 24.2 Å². The highest BCUT2D eigenvalue weighted by atomic mass is 32.2. The number of carbonyl (C=O) groups is 3. The molecule has 0 aromatic heterocycles. The Labute approximate surface area is 210 Å². The number of likely N-dealkylation sites (tertiary alicyclic amines) is 1. The predicted octanol–water partition coefficient (Wildman–Crippen LogP) is 4.22. The number of thioether (sulfide) groups is 1. The standard InChI is InChI=1S/C27H32N2O5S/c1-18(2)27(25(31)32)11-13-29(17-27)24(30)16-35-14-12-28-26(33)34-15-23-21-9-5-3-7-19(21)20-8-4-6-10-22(20)23/h3-10,18,23H,11-17H2,1-2H3,(H,28,33)(H,31,32). The third kappa shape index (κ3) is 5.17. The number of carboxylic acid groups (broad SMARTS) is 1. The van der Waals surface area contributed by atoms with Crippen molar-refractivity contribution in [2.24, 2.45) is 11.3 Å². The molecule has 7 nitrogen and oxygen atoms in total. The summed E-state index contributed by atoms with van der Waals surface area (Å²) in [4.78, 5) is 38.2. The average Bonchev–Trinajstić information content (AvgIpc) is 3.44. The largest absolute Gasteiger partial charge is 0.481 e. The molecule has 2 aromatic carbocycles. The molecule has 1 unspecified atom stereocenters. The number of nitrogens with zero attached hydrogens (tertiary/aromatic N) is 1. The smallest absolute Gasteiger partial charge is 0.407 e. The van der Waals surface area contributed by atoms with Crippen LogP contribution in [-0.4, -0.2) is 65.7 Å². The molecule has 1 atom stereocenters. The van der Waals surface area contributed by atoms with Gasteiger partial charge in [-0.2, -0.15) is 11.8 Å². The Morgan fingerprint density at radius 1 is 1.11 bits per heavy atom. The molecule has 1 saturated heterocycles. The lowest BCUT2D eigenvalue weighted by Gasteiger charge is -2.28. The van der Waals surface area contributed by atoms with E-state index in [1.165, 1.54) is 34.0 Å². The SMILES string of the molecule is CC(C)C1(C(=O)O)CCN(C(=O)CSCCNC(=O)OCC2c3ccccc3-c3ccccc32)C1. The van der Waals surface area contributed by atoms with Gasteiger partial charge in [0.2, 0.25) is 5.91 Å². The summed E-state index contributed by atoms with van der Waals surface area (Å²) in [6, 6.07) is 16.4. The van der Waals surface area contributed by atoms with Crippen molar-refractivity contribution in [1.29, 1.82) is 0 Å². The van der Waals surface area contributed by atoms with Gasteiger partial charge in [-0.05, 0) is 34.6 Å². The van der Waals surface area contributed by atoms with Crippen molar-refractivity contribution >= 4 is 29.7 Å². The molecular weight excluding hydrogens is 464 g/mol. The molecule has 0 radical (unpaired) electrons. The molecule has 4 rings (SSSR count). The predicted molar refractivity (Wildman–Crippen MR) is 137 cm³/mol. The summed E-state index contributed by atoms with van der Waals surface area (Å²) in [5, 5.41) is 12.4. The van der Waals surface area contributed by atoms with Gasteiger partial charge in [-0.3, -0.25) is 9.59 Å². The van der Waals surface area contributed by atoms with Gasteiger partial charge in [0.15, 0.2) is 0 Å². The zero-order valence-electron chi connectivity index (χ0n) is 20.2. The van der Waals surface area contributed by atoms with Gasteiger partial charge in [0.05, 0.1) is 11.2 Å². The highest BCUT2D eigenvalue weighted by Gasteiger charge is 2.48. The Morgan fingerprint density at radius 3 is 2.31 bits per heavy atom. The van der Waals surface area contributed by atoms with Crippen molar-refractivity contribution in [2.45, 2.75) is 26.2 Å². The number of carboxylic acids is 1. The summed E-state index contributed by atoms with van der Waals surface area (Å²) >= 11 is 1.42. The van der Waals surface area contributed by atoms with Gasteiger partial charge < -0.3 is 20.1 Å². The monoisotopic (exact) mass is 496 g/mol. The molecular formula is C27H32N2O5S. The number of carbonyl (C=O) groups excluding carboxylic acids is 2. The van der Waals surface area contributed by atoms with E-state index < -0.39 is 17.5 Å². The van der Waals surface area contributed by atoms with Gasteiger partial charge in [0.25, 0.3) is 0 Å². The number of benzene rings is 2. The zero-order valence-corrected chi connectivity index (χ0v) is 21.0. The normalized spacial score (nSPS) is 18.9. The summed E-state index contributed by atoms with van der Waals surface area (Å²) in [6.07, 6.45) is 0.0150. The van der Waals surface area contributed by atoms with E-state index in [0.29, 0.717) is 25.3 Å². The quantitative estimate of drug-likeness (QED) is 0.505. The Hall–Kier alpha value is -3.00. The molecule has 2 aromatic rings. The van der Waals surface area contributed by atoms with Crippen LogP contribution in [0, 0.1) is 11.3 Å². The Kier molecular flexibility index (Phi) is 7.69. The summed E-state index contributed by atoms with van der Waals surface area (Å²) < 4.78 is 5.53. The summed E-state index contributed by atoms with van der Waals surface area (Å²) in [7, 11) is 0. The number of rotatable bonds is 9. The molecule has 2 aliphatic rings. The second-order valence-corrected chi connectivity index (χ2v) is 10.6. The first-order valence-corrected chi connectivity index (χ1v) is 13.2. The lowest BCUT2D eigenvalue weighted by atomic mass is 9.76. The number of ether oxygens (including phenoxy) is 1. The number of amides is 2. The van der Waals surface area contributed by atoms with Crippen LogP contribution in [0.15, 0.2) is 48.5 Å². The van der Waals surface area contributed by atoms with Crippen LogP contribution >= 0.6 is 11.8 Å². The molecule has 0 saturated carbocycles. The summed E-state index contributed by atoms with van der Waals surface area (Å²) in [5.41, 5.74) is 3.85. The van der Waals surface area contributed by atoms with Crippen molar-refractivity contribution in [1.82, 2.24) is 10.2 Å². The molecule has 2 N–H and O–H groups in total. The molecule has 8 heteroatoms. The molecule has 186 valence electrons. The fourth-order valence-electron chi connectivity index (χ4n) is 5.06. The minimum absolute atomic E-state index is 0.0179. The highest BCUT2D eigenvalue weighted by molar-refractivity contribution is 7.99. The maximum absolute atomic E-state index is 12.5. The topological polar surface area (TPSA) is 95.9 Å². The first-order chi connectivity index (χ1) is 16.8. The highest BCUT2D eigenvalue weighted by Crippen LogP contribution is 2.44. The number of hydrogen-bond acceptors (Lipinski definition) is 5. The maximum Gasteiger partial charge on any atom is 0.407 e. The fraction of sp³-hybridized carbons (Fsp3) is 0.444. The second kappa shape index (κ2) is 10.7. The van der Waals surface area contributed by atoms with Crippen LogP contribution < -0.4 is 5.32 Å². The Balaban J connectivity index is 1.17. The van der Waals surface area contributed by atoms with Gasteiger partial charge in [-0.15, -0.1) is 0 Å². The van der Waals surface area contributed by atoms with Gasteiger partial charge >= 0.3 is 12.1 Å². The van der Waals surface area contributed by atoms with Gasteiger partial charge in [0.1, 0.15) is 6.61 Å². The Bertz CT molecular complexity index is 1060. The third-order valence-electron chi connectivity index (χ3n) is 7.27. The van der Waals surface area contributed by atoms with Crippen molar-refractivity contribution in [3.8, 4) is 11.1 Å². The van der Waals surface area contributed by atoms with E-state index in [-0.39, 0.29) is 36.6 Å². The van der Waals surface area contributed by atoms with Crippen LogP contribution in [0.4, 0.5) is 4.79 Å². The first-order valence-electron chi connectivity index (χ1n) is 12.0. The van der Waals surface area contributed by atoms with Crippen LogP contribution in [0.5, 0.6) is 0 Å². The van der Waals surface area contributed by atoms with Crippen molar-refractivity contribution in [2.75, 3.05) is 37.7 Å². The second-order valence-electron chi connectivity index (χ2n) is 9.49. The number of alkyl carbamates (subject to hydrolysis) is 1. The number of fused-ring (bicyclic) bond motifs is 3. The molecule has 2 amide bonds. The van der Waals surface area contributed by atoms with E-state index in [9.17, 15) is 19.5 Å². The zero-order chi connectivity index (χ0) is 25.0. The molecule has 1 heterocycles. The van der Waals surface area contributed by atoms with Crippen LogP contribution in [0.3, 0.4) is 0 Å². The fourth-order valence-corrected chi connectivity index (χ4v) is 5.81. The van der Waals surface area contributed by atoms with E-state index in [1.807, 2.05) is 38.1 Å². The number of hydrogen-bond donors (Lipinski definition) is 2.